The number of aryl methyl sites for hydroxylation is 2. The van der Waals surface area contributed by atoms with Gasteiger partial charge in [-0.25, -0.2) is 9.78 Å². The summed E-state index contributed by atoms with van der Waals surface area (Å²) >= 11 is 0. The third kappa shape index (κ3) is 3.76. The van der Waals surface area contributed by atoms with Crippen molar-refractivity contribution in [3.8, 4) is 11.5 Å². The van der Waals surface area contributed by atoms with Gasteiger partial charge in [-0.3, -0.25) is 4.98 Å². The van der Waals surface area contributed by atoms with E-state index in [2.05, 4.69) is 33.9 Å². The predicted octanol–water partition coefficient (Wildman–Crippen LogP) is 4.71. The predicted molar refractivity (Wildman–Crippen MR) is 123 cm³/mol. The van der Waals surface area contributed by atoms with Crippen LogP contribution in [0.5, 0.6) is 0 Å². The minimum Gasteiger partial charge on any atom is -0.421 e. The van der Waals surface area contributed by atoms with Crippen molar-refractivity contribution in [2.24, 2.45) is 0 Å². The Morgan fingerprint density at radius 1 is 1.10 bits per heavy atom. The zero-order chi connectivity index (χ0) is 21.5. The first-order valence-corrected chi connectivity index (χ1v) is 11.2. The van der Waals surface area contributed by atoms with Crippen LogP contribution in [-0.2, 0) is 0 Å². The van der Waals surface area contributed by atoms with Gasteiger partial charge >= 0.3 is 5.63 Å². The molecule has 1 saturated heterocycles. The molecule has 1 aromatic carbocycles. The number of fused-ring (bicyclic) bond motifs is 2. The van der Waals surface area contributed by atoms with Gasteiger partial charge in [-0.2, -0.15) is 0 Å². The summed E-state index contributed by atoms with van der Waals surface area (Å²) in [5.74, 6) is 0.993. The number of aromatic nitrogens is 3. The fourth-order valence-electron chi connectivity index (χ4n) is 4.81. The van der Waals surface area contributed by atoms with Crippen LogP contribution in [0.25, 0.3) is 27.9 Å². The number of likely N-dealkylation sites (tertiary alicyclic amines) is 1. The SMILES string of the molecule is CCCN1CCC(c2ccc3cc(-c4cn5cc(C)nc(C)c5n4)oc(=O)c3c2)CC1. The largest absolute Gasteiger partial charge is 0.421 e. The topological polar surface area (TPSA) is 63.6 Å². The first kappa shape index (κ1) is 19.9. The van der Waals surface area contributed by atoms with Gasteiger partial charge in [-0.15, -0.1) is 0 Å². The van der Waals surface area contributed by atoms with Crippen LogP contribution in [0.3, 0.4) is 0 Å². The normalized spacial score (nSPS) is 15.8. The molecule has 31 heavy (non-hydrogen) atoms. The summed E-state index contributed by atoms with van der Waals surface area (Å²) in [5.41, 5.74) is 4.12. The van der Waals surface area contributed by atoms with Gasteiger partial charge in [0, 0.05) is 12.4 Å². The second-order valence-electron chi connectivity index (χ2n) is 8.69. The van der Waals surface area contributed by atoms with Crippen molar-refractivity contribution >= 4 is 16.4 Å². The zero-order valence-corrected chi connectivity index (χ0v) is 18.4. The molecule has 3 aromatic heterocycles. The number of rotatable bonds is 4. The Balaban J connectivity index is 1.48. The van der Waals surface area contributed by atoms with Crippen LogP contribution >= 0.6 is 0 Å². The lowest BCUT2D eigenvalue weighted by Crippen LogP contribution is -2.33. The van der Waals surface area contributed by atoms with Crippen molar-refractivity contribution in [3.63, 3.8) is 0 Å². The standard InChI is InChI=1S/C25H28N4O2/c1-4-9-28-10-7-18(8-11-28)19-5-6-20-13-23(31-25(30)21(20)12-19)22-15-29-14-16(2)26-17(3)24(29)27-22/h5-6,12-15,18H,4,7-11H2,1-3H3. The smallest absolute Gasteiger partial charge is 0.344 e. The van der Waals surface area contributed by atoms with Crippen LogP contribution < -0.4 is 5.63 Å². The number of hydrogen-bond acceptors (Lipinski definition) is 5. The number of nitrogens with zero attached hydrogens (tertiary/aromatic N) is 4. The zero-order valence-electron chi connectivity index (χ0n) is 18.4. The third-order valence-corrected chi connectivity index (χ3v) is 6.36. The molecular formula is C25H28N4O2. The van der Waals surface area contributed by atoms with Gasteiger partial charge < -0.3 is 13.7 Å². The van der Waals surface area contributed by atoms with E-state index in [1.165, 1.54) is 18.5 Å². The molecule has 6 heteroatoms. The Bertz CT molecular complexity index is 1310. The maximum absolute atomic E-state index is 12.9. The van der Waals surface area contributed by atoms with E-state index in [0.29, 0.717) is 22.8 Å². The molecule has 160 valence electrons. The number of benzene rings is 1. The molecule has 0 spiro atoms. The van der Waals surface area contributed by atoms with Crippen molar-refractivity contribution in [3.05, 3.63) is 64.0 Å². The summed E-state index contributed by atoms with van der Waals surface area (Å²) in [6.07, 6.45) is 7.30. The first-order chi connectivity index (χ1) is 15.0. The molecule has 1 fully saturated rings. The highest BCUT2D eigenvalue weighted by Crippen LogP contribution is 2.30. The summed E-state index contributed by atoms with van der Waals surface area (Å²) in [6.45, 7) is 9.55. The molecule has 0 N–H and O–H groups in total. The molecule has 0 unspecified atom stereocenters. The highest BCUT2D eigenvalue weighted by atomic mass is 16.4. The fourth-order valence-corrected chi connectivity index (χ4v) is 4.81. The first-order valence-electron chi connectivity index (χ1n) is 11.2. The molecule has 6 nitrogen and oxygen atoms in total. The molecule has 1 aliphatic heterocycles. The van der Waals surface area contributed by atoms with Crippen molar-refractivity contribution in [2.75, 3.05) is 19.6 Å². The highest BCUT2D eigenvalue weighted by molar-refractivity contribution is 5.84. The van der Waals surface area contributed by atoms with Crippen molar-refractivity contribution < 1.29 is 4.42 Å². The lowest BCUT2D eigenvalue weighted by atomic mass is 9.88. The summed E-state index contributed by atoms with van der Waals surface area (Å²) in [7, 11) is 0. The van der Waals surface area contributed by atoms with E-state index in [9.17, 15) is 4.79 Å². The van der Waals surface area contributed by atoms with E-state index in [-0.39, 0.29) is 5.63 Å². The van der Waals surface area contributed by atoms with E-state index in [4.69, 9.17) is 4.42 Å². The van der Waals surface area contributed by atoms with Crippen molar-refractivity contribution in [1.82, 2.24) is 19.3 Å². The fraction of sp³-hybridized carbons (Fsp3) is 0.400. The third-order valence-electron chi connectivity index (χ3n) is 6.36. The number of imidazole rings is 1. The minimum absolute atomic E-state index is 0.305. The van der Waals surface area contributed by atoms with Gasteiger partial charge in [0.2, 0.25) is 0 Å². The van der Waals surface area contributed by atoms with Gasteiger partial charge in [-0.05, 0) is 81.7 Å². The molecule has 0 radical (unpaired) electrons. The van der Waals surface area contributed by atoms with E-state index >= 15 is 0 Å². The molecule has 0 amide bonds. The Labute approximate surface area is 181 Å². The van der Waals surface area contributed by atoms with Gasteiger partial charge in [0.15, 0.2) is 11.4 Å². The molecule has 0 atom stereocenters. The maximum atomic E-state index is 12.9. The van der Waals surface area contributed by atoms with Gasteiger partial charge in [0.1, 0.15) is 5.69 Å². The Morgan fingerprint density at radius 2 is 1.90 bits per heavy atom. The van der Waals surface area contributed by atoms with Crippen LogP contribution in [-0.4, -0.2) is 38.9 Å². The number of piperidine rings is 1. The van der Waals surface area contributed by atoms with Gasteiger partial charge in [0.25, 0.3) is 0 Å². The van der Waals surface area contributed by atoms with E-state index in [1.807, 2.05) is 42.8 Å². The monoisotopic (exact) mass is 416 g/mol. The van der Waals surface area contributed by atoms with Gasteiger partial charge in [-0.1, -0.05) is 19.1 Å². The second-order valence-corrected chi connectivity index (χ2v) is 8.69. The van der Waals surface area contributed by atoms with E-state index < -0.39 is 0 Å². The lowest BCUT2D eigenvalue weighted by Gasteiger charge is -2.32. The summed E-state index contributed by atoms with van der Waals surface area (Å²) in [6, 6.07) is 8.18. The average Bonchev–Trinajstić information content (AvgIpc) is 3.19. The Hall–Kier alpha value is -2.99. The van der Waals surface area contributed by atoms with Gasteiger partial charge in [0.05, 0.1) is 16.8 Å². The van der Waals surface area contributed by atoms with Crippen molar-refractivity contribution in [1.29, 1.82) is 0 Å². The summed E-state index contributed by atoms with van der Waals surface area (Å²) < 4.78 is 7.64. The molecule has 0 saturated carbocycles. The molecule has 0 bridgehead atoms. The minimum atomic E-state index is -0.305. The molecule has 0 aliphatic carbocycles. The molecular weight excluding hydrogens is 388 g/mol. The molecule has 4 heterocycles. The van der Waals surface area contributed by atoms with Crippen LogP contribution in [0.1, 0.15) is 49.1 Å². The average molecular weight is 417 g/mol. The lowest BCUT2D eigenvalue weighted by molar-refractivity contribution is 0.213. The van der Waals surface area contributed by atoms with E-state index in [0.717, 1.165) is 48.4 Å². The van der Waals surface area contributed by atoms with Crippen LogP contribution in [0.15, 0.2) is 45.9 Å². The van der Waals surface area contributed by atoms with Crippen LogP contribution in [0, 0.1) is 13.8 Å². The summed E-state index contributed by atoms with van der Waals surface area (Å²) in [5, 5.41) is 1.54. The Morgan fingerprint density at radius 3 is 2.68 bits per heavy atom. The molecule has 4 aromatic rings. The summed E-state index contributed by atoms with van der Waals surface area (Å²) in [4.78, 5) is 24.5. The van der Waals surface area contributed by atoms with Crippen molar-refractivity contribution in [2.45, 2.75) is 46.0 Å². The van der Waals surface area contributed by atoms with Crippen LogP contribution in [0.2, 0.25) is 0 Å². The maximum Gasteiger partial charge on any atom is 0.344 e. The molecule has 5 rings (SSSR count). The quantitative estimate of drug-likeness (QED) is 0.482. The molecule has 1 aliphatic rings. The number of hydrogen-bond donors (Lipinski definition) is 0. The van der Waals surface area contributed by atoms with E-state index in [1.54, 1.807) is 0 Å². The Kier molecular flexibility index (Phi) is 5.10. The van der Waals surface area contributed by atoms with Crippen LogP contribution in [0.4, 0.5) is 0 Å². The second kappa shape index (κ2) is 7.93. The highest BCUT2D eigenvalue weighted by Gasteiger charge is 2.21.